The van der Waals surface area contributed by atoms with E-state index in [2.05, 4.69) is 23.9 Å². The second-order valence-corrected chi connectivity index (χ2v) is 4.18. The molecule has 4 heteroatoms. The molecule has 0 saturated heterocycles. The number of aryl methyl sites for hydroxylation is 2. The van der Waals surface area contributed by atoms with Gasteiger partial charge in [0, 0.05) is 37.9 Å². The zero-order valence-electron chi connectivity index (χ0n) is 10.5. The molecule has 1 atom stereocenters. The van der Waals surface area contributed by atoms with Gasteiger partial charge in [-0.05, 0) is 13.3 Å². The lowest BCUT2D eigenvalue weighted by atomic mass is 10.1. The van der Waals surface area contributed by atoms with Crippen molar-refractivity contribution in [3.05, 3.63) is 29.6 Å². The predicted octanol–water partition coefficient (Wildman–Crippen LogP) is 1.15. The van der Waals surface area contributed by atoms with Gasteiger partial charge in [-0.2, -0.15) is 5.10 Å². The minimum atomic E-state index is 0.167. The molecule has 1 aromatic heterocycles. The fourth-order valence-corrected chi connectivity index (χ4v) is 1.74. The van der Waals surface area contributed by atoms with Crippen molar-refractivity contribution in [2.45, 2.75) is 26.3 Å². The van der Waals surface area contributed by atoms with Crippen molar-refractivity contribution in [3.8, 4) is 0 Å². The Morgan fingerprint density at radius 2 is 2.38 bits per heavy atom. The Balaban J connectivity index is 2.80. The summed E-state index contributed by atoms with van der Waals surface area (Å²) in [4.78, 5) is 0. The Labute approximate surface area is 97.5 Å². The van der Waals surface area contributed by atoms with E-state index >= 15 is 0 Å². The molecule has 0 amide bonds. The molecule has 0 fully saturated rings. The zero-order chi connectivity index (χ0) is 12.1. The summed E-state index contributed by atoms with van der Waals surface area (Å²) in [6.07, 6.45) is 2.98. The van der Waals surface area contributed by atoms with Crippen LogP contribution < -0.4 is 11.1 Å². The van der Waals surface area contributed by atoms with Gasteiger partial charge in [-0.3, -0.25) is 4.68 Å². The third-order valence-electron chi connectivity index (χ3n) is 2.53. The Kier molecular flexibility index (Phi) is 4.71. The van der Waals surface area contributed by atoms with Crippen LogP contribution in [0.25, 0.3) is 0 Å². The molecule has 1 unspecified atom stereocenters. The summed E-state index contributed by atoms with van der Waals surface area (Å²) in [6, 6.07) is 0.167. The largest absolute Gasteiger partial charge is 0.329 e. The molecule has 0 aromatic carbocycles. The maximum Gasteiger partial charge on any atom is 0.0670 e. The minimum absolute atomic E-state index is 0.167. The lowest BCUT2D eigenvalue weighted by Gasteiger charge is -2.16. The number of hydrogen-bond donors (Lipinski definition) is 2. The van der Waals surface area contributed by atoms with Crippen LogP contribution in [0.5, 0.6) is 0 Å². The van der Waals surface area contributed by atoms with E-state index in [9.17, 15) is 0 Å². The molecule has 90 valence electrons. The molecule has 0 bridgehead atoms. The molecule has 1 heterocycles. The fourth-order valence-electron chi connectivity index (χ4n) is 1.74. The quantitative estimate of drug-likeness (QED) is 0.710. The van der Waals surface area contributed by atoms with Gasteiger partial charge in [-0.25, -0.2) is 0 Å². The molecule has 0 aliphatic carbocycles. The van der Waals surface area contributed by atoms with Gasteiger partial charge in [0.25, 0.3) is 0 Å². The molecule has 0 saturated carbocycles. The Morgan fingerprint density at radius 1 is 1.69 bits per heavy atom. The van der Waals surface area contributed by atoms with E-state index in [-0.39, 0.29) is 6.04 Å². The molecule has 1 rings (SSSR count). The number of rotatable bonds is 6. The molecule has 0 aliphatic rings. The van der Waals surface area contributed by atoms with Crippen LogP contribution in [0.2, 0.25) is 0 Å². The predicted molar refractivity (Wildman–Crippen MR) is 67.2 cm³/mol. The van der Waals surface area contributed by atoms with Crippen LogP contribution in [0.1, 0.15) is 31.1 Å². The van der Waals surface area contributed by atoms with E-state index in [1.54, 1.807) is 0 Å². The number of aromatic nitrogens is 2. The molecular formula is C12H22N4. The third-order valence-corrected chi connectivity index (χ3v) is 2.53. The van der Waals surface area contributed by atoms with Gasteiger partial charge in [0.05, 0.1) is 5.69 Å². The van der Waals surface area contributed by atoms with Crippen LogP contribution in [0.3, 0.4) is 0 Å². The highest BCUT2D eigenvalue weighted by Gasteiger charge is 2.15. The average Bonchev–Trinajstić information content (AvgIpc) is 2.60. The summed E-state index contributed by atoms with van der Waals surface area (Å²) < 4.78 is 1.85. The summed E-state index contributed by atoms with van der Waals surface area (Å²) in [5.74, 6) is 0. The van der Waals surface area contributed by atoms with Crippen LogP contribution in [-0.2, 0) is 13.5 Å². The maximum atomic E-state index is 5.79. The van der Waals surface area contributed by atoms with E-state index in [1.165, 1.54) is 5.56 Å². The summed E-state index contributed by atoms with van der Waals surface area (Å²) in [6.45, 7) is 9.36. The highest BCUT2D eigenvalue weighted by molar-refractivity contribution is 5.22. The van der Waals surface area contributed by atoms with Crippen molar-refractivity contribution >= 4 is 0 Å². The van der Waals surface area contributed by atoms with Crippen molar-refractivity contribution in [1.29, 1.82) is 0 Å². The number of nitrogens with zero attached hydrogens (tertiary/aromatic N) is 2. The van der Waals surface area contributed by atoms with E-state index in [4.69, 9.17) is 5.73 Å². The fraction of sp³-hybridized carbons (Fsp3) is 0.583. The summed E-state index contributed by atoms with van der Waals surface area (Å²) in [7, 11) is 1.94. The molecule has 0 radical (unpaired) electrons. The molecule has 16 heavy (non-hydrogen) atoms. The Bertz CT molecular complexity index is 354. The SMILES string of the molecule is C=C(C)CNC(CN)c1cn(C)nc1CC. The highest BCUT2D eigenvalue weighted by Crippen LogP contribution is 2.16. The number of nitrogens with one attached hydrogen (secondary N) is 1. The van der Waals surface area contributed by atoms with Gasteiger partial charge in [0.2, 0.25) is 0 Å². The van der Waals surface area contributed by atoms with E-state index < -0.39 is 0 Å². The smallest absolute Gasteiger partial charge is 0.0670 e. The number of nitrogens with two attached hydrogens (primary N) is 1. The van der Waals surface area contributed by atoms with Crippen LogP contribution in [0.15, 0.2) is 18.3 Å². The first-order valence-corrected chi connectivity index (χ1v) is 5.68. The second kappa shape index (κ2) is 5.82. The third kappa shape index (κ3) is 3.18. The van der Waals surface area contributed by atoms with Crippen molar-refractivity contribution in [1.82, 2.24) is 15.1 Å². The van der Waals surface area contributed by atoms with Gasteiger partial charge in [-0.1, -0.05) is 19.1 Å². The number of hydrogen-bond acceptors (Lipinski definition) is 3. The van der Waals surface area contributed by atoms with Gasteiger partial charge < -0.3 is 11.1 Å². The maximum absolute atomic E-state index is 5.79. The van der Waals surface area contributed by atoms with Gasteiger partial charge in [-0.15, -0.1) is 0 Å². The molecule has 4 nitrogen and oxygen atoms in total. The van der Waals surface area contributed by atoms with Gasteiger partial charge >= 0.3 is 0 Å². The molecule has 0 aliphatic heterocycles. The summed E-state index contributed by atoms with van der Waals surface area (Å²) in [5.41, 5.74) is 9.23. The van der Waals surface area contributed by atoms with Crippen molar-refractivity contribution < 1.29 is 0 Å². The highest BCUT2D eigenvalue weighted by atomic mass is 15.3. The molecule has 0 spiro atoms. The summed E-state index contributed by atoms with van der Waals surface area (Å²) >= 11 is 0. The monoisotopic (exact) mass is 222 g/mol. The van der Waals surface area contributed by atoms with Gasteiger partial charge in [0.15, 0.2) is 0 Å². The Morgan fingerprint density at radius 3 is 2.88 bits per heavy atom. The standard InChI is InChI=1S/C12H22N4/c1-5-11-10(8-16(4)15-11)12(6-13)14-7-9(2)3/h8,12,14H,2,5-7,13H2,1,3-4H3. The lowest BCUT2D eigenvalue weighted by molar-refractivity contribution is 0.565. The van der Waals surface area contributed by atoms with Crippen LogP contribution in [0.4, 0.5) is 0 Å². The molecule has 1 aromatic rings. The first-order valence-electron chi connectivity index (χ1n) is 5.68. The average molecular weight is 222 g/mol. The van der Waals surface area contributed by atoms with E-state index in [0.717, 1.165) is 24.2 Å². The first-order chi connectivity index (χ1) is 7.58. The summed E-state index contributed by atoms with van der Waals surface area (Å²) in [5, 5.41) is 7.82. The minimum Gasteiger partial charge on any atom is -0.329 e. The van der Waals surface area contributed by atoms with E-state index in [0.29, 0.717) is 6.54 Å². The normalized spacial score (nSPS) is 12.8. The van der Waals surface area contributed by atoms with Crippen molar-refractivity contribution in [2.24, 2.45) is 12.8 Å². The van der Waals surface area contributed by atoms with Crippen LogP contribution >= 0.6 is 0 Å². The topological polar surface area (TPSA) is 55.9 Å². The van der Waals surface area contributed by atoms with Crippen LogP contribution in [-0.4, -0.2) is 22.9 Å². The molecule has 3 N–H and O–H groups in total. The lowest BCUT2D eigenvalue weighted by Crippen LogP contribution is -2.29. The van der Waals surface area contributed by atoms with Crippen LogP contribution in [0, 0.1) is 0 Å². The first kappa shape index (κ1) is 12.9. The van der Waals surface area contributed by atoms with Gasteiger partial charge in [0.1, 0.15) is 0 Å². The van der Waals surface area contributed by atoms with Crippen molar-refractivity contribution in [2.75, 3.05) is 13.1 Å². The Hall–Kier alpha value is -1.13. The second-order valence-electron chi connectivity index (χ2n) is 4.18. The van der Waals surface area contributed by atoms with Crippen molar-refractivity contribution in [3.63, 3.8) is 0 Å². The molecular weight excluding hydrogens is 200 g/mol. The van der Waals surface area contributed by atoms with E-state index in [1.807, 2.05) is 24.9 Å². The zero-order valence-corrected chi connectivity index (χ0v) is 10.5.